The number of benzene rings is 2. The molecule has 2 aromatic carbocycles. The van der Waals surface area contributed by atoms with Gasteiger partial charge in [0, 0.05) is 28.4 Å². The molecule has 0 fully saturated rings. The summed E-state index contributed by atoms with van der Waals surface area (Å²) >= 11 is 6.38. The summed E-state index contributed by atoms with van der Waals surface area (Å²) in [7, 11) is 0. The van der Waals surface area contributed by atoms with Gasteiger partial charge in [-0.05, 0) is 85.0 Å². The molecule has 1 N–H and O–H groups in total. The minimum Gasteiger partial charge on any atom is -0.481 e. The van der Waals surface area contributed by atoms with Crippen molar-refractivity contribution in [2.24, 2.45) is 0 Å². The number of nitrogens with zero attached hydrogens (tertiary/aromatic N) is 1. The van der Waals surface area contributed by atoms with Crippen molar-refractivity contribution in [2.75, 3.05) is 0 Å². The minimum absolute atomic E-state index is 0.0334. The summed E-state index contributed by atoms with van der Waals surface area (Å²) in [6.07, 6.45) is 4.82. The third kappa shape index (κ3) is 6.12. The Balaban J connectivity index is 1.90. The molecule has 1 aliphatic carbocycles. The van der Waals surface area contributed by atoms with Crippen molar-refractivity contribution in [1.29, 1.82) is 0 Å². The first-order chi connectivity index (χ1) is 18.1. The minimum atomic E-state index is -4.39. The van der Waals surface area contributed by atoms with E-state index in [1.807, 2.05) is 12.1 Å². The lowest BCUT2D eigenvalue weighted by atomic mass is 9.82. The molecule has 0 aliphatic heterocycles. The van der Waals surface area contributed by atoms with Gasteiger partial charge >= 0.3 is 12.1 Å². The fourth-order valence-corrected chi connectivity index (χ4v) is 6.09. The van der Waals surface area contributed by atoms with E-state index in [1.54, 1.807) is 12.1 Å². The fourth-order valence-electron chi connectivity index (χ4n) is 5.89. The molecule has 0 saturated carbocycles. The van der Waals surface area contributed by atoms with Crippen LogP contribution in [0.1, 0.15) is 98.7 Å². The summed E-state index contributed by atoms with van der Waals surface area (Å²) in [5.41, 5.74) is 5.67. The lowest BCUT2D eigenvalue weighted by Gasteiger charge is -2.29. The van der Waals surface area contributed by atoms with Crippen LogP contribution in [-0.2, 0) is 23.8 Å². The maximum Gasteiger partial charge on any atom is 0.416 e. The standard InChI is InChI=1S/C31H35ClF3NO2/c1-3-5-8-21-17-24(32)15-16-25(21)27-19-36(30-22(18-29(37)38)9-6-10-26(27)30)28(7-4-2)20-11-13-23(14-12-20)31(33,34)35/h11-17,19,22,28H,3-10,18H2,1-2H3,(H,37,38). The number of unbranched alkanes of at least 4 members (excludes halogenated alkanes) is 1. The SMILES string of the molecule is CCCCc1cc(Cl)ccc1-c1cn(C(CCC)c2ccc(C(F)(F)F)cc2)c2c1CCCC2CC(=O)O. The molecule has 0 radical (unpaired) electrons. The Morgan fingerprint density at radius 1 is 1.11 bits per heavy atom. The quantitative estimate of drug-likeness (QED) is 0.275. The molecule has 2 unspecified atom stereocenters. The van der Waals surface area contributed by atoms with Gasteiger partial charge in [-0.25, -0.2) is 0 Å². The highest BCUT2D eigenvalue weighted by molar-refractivity contribution is 6.30. The third-order valence-electron chi connectivity index (χ3n) is 7.65. The monoisotopic (exact) mass is 545 g/mol. The second-order valence-corrected chi connectivity index (χ2v) is 10.8. The predicted octanol–water partition coefficient (Wildman–Crippen LogP) is 9.45. The van der Waals surface area contributed by atoms with E-state index in [9.17, 15) is 23.1 Å². The molecule has 0 spiro atoms. The van der Waals surface area contributed by atoms with Gasteiger partial charge in [0.25, 0.3) is 0 Å². The number of aryl methyl sites for hydroxylation is 1. The molecular formula is C31H35ClF3NO2. The van der Waals surface area contributed by atoms with Crippen molar-refractivity contribution in [1.82, 2.24) is 4.57 Å². The van der Waals surface area contributed by atoms with Crippen molar-refractivity contribution in [3.05, 3.63) is 81.6 Å². The van der Waals surface area contributed by atoms with Gasteiger partial charge < -0.3 is 9.67 Å². The molecule has 7 heteroatoms. The van der Waals surface area contributed by atoms with Gasteiger partial charge in [-0.1, -0.05) is 56.5 Å². The number of aromatic nitrogens is 1. The number of halogens is 4. The number of carboxylic acids is 1. The normalized spacial score (nSPS) is 16.3. The third-order valence-corrected chi connectivity index (χ3v) is 7.88. The van der Waals surface area contributed by atoms with E-state index in [0.29, 0.717) is 5.02 Å². The van der Waals surface area contributed by atoms with Crippen molar-refractivity contribution in [2.45, 2.75) is 89.8 Å². The first kappa shape index (κ1) is 28.3. The number of fused-ring (bicyclic) bond motifs is 1. The lowest BCUT2D eigenvalue weighted by Crippen LogP contribution is -2.20. The van der Waals surface area contributed by atoms with E-state index in [1.165, 1.54) is 5.56 Å². The Morgan fingerprint density at radius 2 is 1.84 bits per heavy atom. The van der Waals surface area contributed by atoms with E-state index in [2.05, 4.69) is 30.7 Å². The van der Waals surface area contributed by atoms with Gasteiger partial charge in [0.05, 0.1) is 18.0 Å². The van der Waals surface area contributed by atoms with Crippen LogP contribution in [0.4, 0.5) is 13.2 Å². The number of aliphatic carboxylic acids is 1. The summed E-state index contributed by atoms with van der Waals surface area (Å²) < 4.78 is 42.0. The summed E-state index contributed by atoms with van der Waals surface area (Å²) in [6, 6.07) is 11.2. The van der Waals surface area contributed by atoms with Crippen LogP contribution < -0.4 is 0 Å². The number of carboxylic acid groups (broad SMARTS) is 1. The van der Waals surface area contributed by atoms with Gasteiger partial charge in [0.1, 0.15) is 0 Å². The fraction of sp³-hybridized carbons (Fsp3) is 0.452. The van der Waals surface area contributed by atoms with E-state index >= 15 is 0 Å². The van der Waals surface area contributed by atoms with Crippen LogP contribution in [-0.4, -0.2) is 15.6 Å². The second-order valence-electron chi connectivity index (χ2n) is 10.3. The topological polar surface area (TPSA) is 42.2 Å². The van der Waals surface area contributed by atoms with E-state index in [-0.39, 0.29) is 18.4 Å². The van der Waals surface area contributed by atoms with Crippen LogP contribution in [0, 0.1) is 0 Å². The highest BCUT2D eigenvalue weighted by Gasteiger charge is 2.33. The zero-order valence-electron chi connectivity index (χ0n) is 22.0. The van der Waals surface area contributed by atoms with Crippen molar-refractivity contribution in [3.8, 4) is 11.1 Å². The predicted molar refractivity (Wildman–Crippen MR) is 146 cm³/mol. The maximum absolute atomic E-state index is 13.3. The maximum atomic E-state index is 13.3. The molecule has 1 heterocycles. The Labute approximate surface area is 227 Å². The van der Waals surface area contributed by atoms with Crippen molar-refractivity contribution < 1.29 is 23.1 Å². The number of rotatable bonds is 10. The Kier molecular flexibility index (Phi) is 8.92. The molecule has 2 atom stereocenters. The van der Waals surface area contributed by atoms with Gasteiger partial charge in [-0.2, -0.15) is 13.2 Å². The van der Waals surface area contributed by atoms with Gasteiger partial charge in [0.15, 0.2) is 0 Å². The zero-order valence-corrected chi connectivity index (χ0v) is 22.7. The van der Waals surface area contributed by atoms with Crippen LogP contribution in [0.15, 0.2) is 48.7 Å². The molecule has 0 bridgehead atoms. The van der Waals surface area contributed by atoms with Crippen LogP contribution in [0.2, 0.25) is 5.02 Å². The largest absolute Gasteiger partial charge is 0.481 e. The Morgan fingerprint density at radius 3 is 2.47 bits per heavy atom. The lowest BCUT2D eigenvalue weighted by molar-refractivity contribution is -0.138. The number of hydrogen-bond donors (Lipinski definition) is 1. The summed E-state index contributed by atoms with van der Waals surface area (Å²) in [5.74, 6) is -0.987. The summed E-state index contributed by atoms with van der Waals surface area (Å²) in [4.78, 5) is 11.8. The van der Waals surface area contributed by atoms with Crippen molar-refractivity contribution in [3.63, 3.8) is 0 Å². The van der Waals surface area contributed by atoms with Gasteiger partial charge in [-0.3, -0.25) is 4.79 Å². The molecule has 3 nitrogen and oxygen atoms in total. The van der Waals surface area contributed by atoms with E-state index < -0.39 is 17.7 Å². The highest BCUT2D eigenvalue weighted by atomic mass is 35.5. The molecule has 0 amide bonds. The molecule has 204 valence electrons. The van der Waals surface area contributed by atoms with E-state index in [4.69, 9.17) is 11.6 Å². The molecule has 1 aliphatic rings. The number of alkyl halides is 3. The molecular weight excluding hydrogens is 511 g/mol. The summed E-state index contributed by atoms with van der Waals surface area (Å²) in [6.45, 7) is 4.21. The van der Waals surface area contributed by atoms with Crippen molar-refractivity contribution >= 4 is 17.6 Å². The second kappa shape index (κ2) is 12.0. The van der Waals surface area contributed by atoms with Gasteiger partial charge in [-0.15, -0.1) is 0 Å². The van der Waals surface area contributed by atoms with Crippen LogP contribution >= 0.6 is 11.6 Å². The van der Waals surface area contributed by atoms with Crippen LogP contribution in [0.5, 0.6) is 0 Å². The highest BCUT2D eigenvalue weighted by Crippen LogP contribution is 2.45. The number of hydrogen-bond acceptors (Lipinski definition) is 1. The molecule has 4 rings (SSSR count). The van der Waals surface area contributed by atoms with Gasteiger partial charge in [0.2, 0.25) is 0 Å². The molecule has 1 aromatic heterocycles. The zero-order chi connectivity index (χ0) is 27.4. The average molecular weight is 546 g/mol. The summed E-state index contributed by atoms with van der Waals surface area (Å²) in [5, 5.41) is 10.4. The van der Waals surface area contributed by atoms with E-state index in [0.717, 1.165) is 91.4 Å². The molecule has 38 heavy (non-hydrogen) atoms. The Hall–Kier alpha value is -2.73. The first-order valence-electron chi connectivity index (χ1n) is 13.5. The smallest absolute Gasteiger partial charge is 0.416 e. The van der Waals surface area contributed by atoms with Crippen LogP contribution in [0.25, 0.3) is 11.1 Å². The average Bonchev–Trinajstić information content (AvgIpc) is 3.25. The Bertz CT molecular complexity index is 1260. The van der Waals surface area contributed by atoms with Crippen LogP contribution in [0.3, 0.4) is 0 Å². The molecule has 0 saturated heterocycles. The number of carbonyl (C=O) groups is 1. The first-order valence-corrected chi connectivity index (χ1v) is 13.9. The molecule has 3 aromatic rings.